The van der Waals surface area contributed by atoms with Crippen molar-refractivity contribution in [3.05, 3.63) is 71.4 Å². The molecule has 34 heavy (non-hydrogen) atoms. The lowest BCUT2D eigenvalue weighted by Crippen LogP contribution is -2.16. The maximum absolute atomic E-state index is 12.6. The Labute approximate surface area is 204 Å². The van der Waals surface area contributed by atoms with E-state index in [0.717, 1.165) is 29.2 Å². The number of nitrogens with zero attached hydrogens (tertiary/aromatic N) is 5. The summed E-state index contributed by atoms with van der Waals surface area (Å²) in [4.78, 5) is 12.6. The van der Waals surface area contributed by atoms with Gasteiger partial charge in [-0.3, -0.25) is 14.0 Å². The van der Waals surface area contributed by atoms with Crippen LogP contribution >= 0.6 is 11.8 Å². The van der Waals surface area contributed by atoms with Crippen molar-refractivity contribution < 1.29 is 4.79 Å². The van der Waals surface area contributed by atoms with Crippen LogP contribution in [0.2, 0.25) is 0 Å². The molecule has 0 aliphatic heterocycles. The summed E-state index contributed by atoms with van der Waals surface area (Å²) in [6, 6.07) is 18.6. The Morgan fingerprint density at radius 1 is 1.03 bits per heavy atom. The number of thioether (sulfide) groups is 1. The lowest BCUT2D eigenvalue weighted by molar-refractivity contribution is -0.113. The predicted molar refractivity (Wildman–Crippen MR) is 137 cm³/mol. The van der Waals surface area contributed by atoms with Gasteiger partial charge in [-0.15, -0.1) is 10.2 Å². The molecule has 0 aliphatic carbocycles. The topological polar surface area (TPSA) is 77.6 Å². The van der Waals surface area contributed by atoms with Crippen molar-refractivity contribution >= 4 is 23.5 Å². The third-order valence-electron chi connectivity index (χ3n) is 5.56. The highest BCUT2D eigenvalue weighted by Crippen LogP contribution is 2.28. The average molecular weight is 475 g/mol. The molecule has 1 amide bonds. The van der Waals surface area contributed by atoms with Gasteiger partial charge in [0.1, 0.15) is 5.82 Å². The molecule has 2 aromatic carbocycles. The molecule has 2 heterocycles. The van der Waals surface area contributed by atoms with Crippen molar-refractivity contribution in [2.75, 3.05) is 11.1 Å². The second-order valence-electron chi connectivity index (χ2n) is 8.41. The second kappa shape index (κ2) is 10.7. The summed E-state index contributed by atoms with van der Waals surface area (Å²) in [7, 11) is 1.81. The highest BCUT2D eigenvalue weighted by atomic mass is 32.2. The van der Waals surface area contributed by atoms with Crippen molar-refractivity contribution in [2.24, 2.45) is 7.05 Å². The van der Waals surface area contributed by atoms with Crippen molar-refractivity contribution in [3.63, 3.8) is 0 Å². The number of nitrogens with one attached hydrogen (secondary N) is 1. The standard InChI is InChI=1S/C26H30N6OS/c1-5-6-7-20-10-14-22(15-11-20)32-25(21-12-8-18(2)9-13-21)28-29-26(32)34-17-24(33)27-23-16-19(3)30-31(23)4/h8-16H,5-7,17H2,1-4H3,(H,27,33). The second-order valence-corrected chi connectivity index (χ2v) is 9.35. The first kappa shape index (κ1) is 23.8. The molecule has 176 valence electrons. The van der Waals surface area contributed by atoms with E-state index in [1.54, 1.807) is 4.68 Å². The number of benzene rings is 2. The van der Waals surface area contributed by atoms with Crippen molar-refractivity contribution in [3.8, 4) is 17.1 Å². The number of aryl methyl sites for hydroxylation is 4. The molecule has 0 atom stereocenters. The van der Waals surface area contributed by atoms with Gasteiger partial charge in [-0.25, -0.2) is 0 Å². The molecular weight excluding hydrogens is 444 g/mol. The number of hydrogen-bond donors (Lipinski definition) is 1. The molecular formula is C26H30N6OS. The van der Waals surface area contributed by atoms with E-state index in [1.165, 1.54) is 35.7 Å². The summed E-state index contributed by atoms with van der Waals surface area (Å²) in [5, 5.41) is 16.8. The maximum atomic E-state index is 12.6. The molecule has 0 radical (unpaired) electrons. The van der Waals surface area contributed by atoms with E-state index in [4.69, 9.17) is 0 Å². The van der Waals surface area contributed by atoms with Crippen LogP contribution in [0.3, 0.4) is 0 Å². The molecule has 0 aliphatic rings. The number of amides is 1. The van der Waals surface area contributed by atoms with Gasteiger partial charge < -0.3 is 5.32 Å². The van der Waals surface area contributed by atoms with Gasteiger partial charge in [0.2, 0.25) is 5.91 Å². The molecule has 4 aromatic rings. The number of carbonyl (C=O) groups is 1. The zero-order chi connectivity index (χ0) is 24.1. The maximum Gasteiger partial charge on any atom is 0.235 e. The quantitative estimate of drug-likeness (QED) is 0.331. The molecule has 0 unspecified atom stereocenters. The summed E-state index contributed by atoms with van der Waals surface area (Å²) < 4.78 is 3.69. The van der Waals surface area contributed by atoms with E-state index in [0.29, 0.717) is 11.0 Å². The Bertz CT molecular complexity index is 1260. The molecule has 0 saturated carbocycles. The van der Waals surface area contributed by atoms with Crippen molar-refractivity contribution in [1.29, 1.82) is 0 Å². The van der Waals surface area contributed by atoms with Gasteiger partial charge in [0.25, 0.3) is 0 Å². The average Bonchev–Trinajstić information content (AvgIpc) is 3.39. The Kier molecular flexibility index (Phi) is 7.47. The highest BCUT2D eigenvalue weighted by Gasteiger charge is 2.18. The van der Waals surface area contributed by atoms with Gasteiger partial charge in [0.15, 0.2) is 11.0 Å². The first-order chi connectivity index (χ1) is 16.4. The van der Waals surface area contributed by atoms with Crippen LogP contribution in [-0.2, 0) is 18.3 Å². The number of rotatable bonds is 9. The van der Waals surface area contributed by atoms with Crippen LogP contribution < -0.4 is 5.32 Å². The first-order valence-electron chi connectivity index (χ1n) is 11.5. The Morgan fingerprint density at radius 2 is 1.76 bits per heavy atom. The fraction of sp³-hybridized carbons (Fsp3) is 0.308. The zero-order valence-electron chi connectivity index (χ0n) is 20.1. The third kappa shape index (κ3) is 5.56. The number of anilines is 1. The lowest BCUT2D eigenvalue weighted by Gasteiger charge is -2.12. The van der Waals surface area contributed by atoms with Gasteiger partial charge in [-0.2, -0.15) is 5.10 Å². The SMILES string of the molecule is CCCCc1ccc(-n2c(SCC(=O)Nc3cc(C)nn3C)nnc2-c2ccc(C)cc2)cc1. The minimum absolute atomic E-state index is 0.116. The third-order valence-corrected chi connectivity index (χ3v) is 6.49. The fourth-order valence-electron chi connectivity index (χ4n) is 3.71. The molecule has 0 fully saturated rings. The Hall–Kier alpha value is -3.39. The van der Waals surface area contributed by atoms with Crippen LogP contribution in [-0.4, -0.2) is 36.2 Å². The Balaban J connectivity index is 1.59. The molecule has 1 N–H and O–H groups in total. The summed E-state index contributed by atoms with van der Waals surface area (Å²) in [6.07, 6.45) is 3.41. The van der Waals surface area contributed by atoms with Crippen LogP contribution in [0.15, 0.2) is 59.8 Å². The predicted octanol–water partition coefficient (Wildman–Crippen LogP) is 5.36. The lowest BCUT2D eigenvalue weighted by atomic mass is 10.1. The fourth-order valence-corrected chi connectivity index (χ4v) is 4.47. The summed E-state index contributed by atoms with van der Waals surface area (Å²) >= 11 is 1.37. The molecule has 0 bridgehead atoms. The van der Waals surface area contributed by atoms with E-state index in [9.17, 15) is 4.79 Å². The van der Waals surface area contributed by atoms with Crippen molar-refractivity contribution in [1.82, 2.24) is 24.5 Å². The molecule has 0 saturated heterocycles. The van der Waals surface area contributed by atoms with Gasteiger partial charge in [-0.05, 0) is 44.4 Å². The molecule has 2 aromatic heterocycles. The van der Waals surface area contributed by atoms with Gasteiger partial charge in [0.05, 0.1) is 11.4 Å². The van der Waals surface area contributed by atoms with E-state index in [1.807, 2.05) is 24.6 Å². The van der Waals surface area contributed by atoms with E-state index in [2.05, 4.69) is 83.0 Å². The van der Waals surface area contributed by atoms with Crippen LogP contribution in [0.4, 0.5) is 5.82 Å². The summed E-state index contributed by atoms with van der Waals surface area (Å²) in [5.41, 5.74) is 5.32. The van der Waals surface area contributed by atoms with E-state index >= 15 is 0 Å². The number of aromatic nitrogens is 5. The van der Waals surface area contributed by atoms with Crippen LogP contribution in [0.5, 0.6) is 0 Å². The minimum Gasteiger partial charge on any atom is -0.310 e. The smallest absolute Gasteiger partial charge is 0.235 e. The zero-order valence-corrected chi connectivity index (χ0v) is 20.9. The number of carbonyl (C=O) groups excluding carboxylic acids is 1. The van der Waals surface area contributed by atoms with Gasteiger partial charge >= 0.3 is 0 Å². The monoisotopic (exact) mass is 474 g/mol. The van der Waals surface area contributed by atoms with Crippen molar-refractivity contribution in [2.45, 2.75) is 45.2 Å². The summed E-state index contributed by atoms with van der Waals surface area (Å²) in [5.74, 6) is 1.53. The molecule has 8 heteroatoms. The van der Waals surface area contributed by atoms with Gasteiger partial charge in [-0.1, -0.05) is 67.1 Å². The van der Waals surface area contributed by atoms with Gasteiger partial charge in [0, 0.05) is 24.4 Å². The minimum atomic E-state index is -0.116. The number of hydrogen-bond acceptors (Lipinski definition) is 5. The van der Waals surface area contributed by atoms with Crippen LogP contribution in [0.25, 0.3) is 17.1 Å². The van der Waals surface area contributed by atoms with Crippen LogP contribution in [0.1, 0.15) is 36.6 Å². The van der Waals surface area contributed by atoms with Crippen LogP contribution in [0, 0.1) is 13.8 Å². The summed E-state index contributed by atoms with van der Waals surface area (Å²) in [6.45, 7) is 6.16. The molecule has 7 nitrogen and oxygen atoms in total. The van der Waals surface area contributed by atoms with E-state index < -0.39 is 0 Å². The first-order valence-corrected chi connectivity index (χ1v) is 12.5. The normalized spacial score (nSPS) is 11.1. The van der Waals surface area contributed by atoms with E-state index in [-0.39, 0.29) is 11.7 Å². The highest BCUT2D eigenvalue weighted by molar-refractivity contribution is 7.99. The largest absolute Gasteiger partial charge is 0.310 e. The Morgan fingerprint density at radius 3 is 2.41 bits per heavy atom. The molecule has 0 spiro atoms. The molecule has 4 rings (SSSR count). The number of unbranched alkanes of at least 4 members (excludes halogenated alkanes) is 1.